The fourth-order valence-electron chi connectivity index (χ4n) is 3.51. The van der Waals surface area contributed by atoms with Crippen LogP contribution in [0, 0.1) is 0 Å². The molecule has 2 fully saturated rings. The van der Waals surface area contributed by atoms with Crippen molar-refractivity contribution >= 4 is 29.9 Å². The first-order valence-corrected chi connectivity index (χ1v) is 10.2. The van der Waals surface area contributed by atoms with Crippen molar-refractivity contribution < 1.29 is 14.2 Å². The first-order valence-electron chi connectivity index (χ1n) is 10.2. The Kier molecular flexibility index (Phi) is 14.5. The van der Waals surface area contributed by atoms with E-state index in [9.17, 15) is 0 Å². The molecule has 0 aromatic rings. The Morgan fingerprint density at radius 1 is 1.07 bits per heavy atom. The molecule has 0 amide bonds. The molecule has 0 bridgehead atoms. The number of morpholine rings is 1. The average Bonchev–Trinajstić information content (AvgIpc) is 2.69. The Bertz CT molecular complexity index is 387. The predicted molar refractivity (Wildman–Crippen MR) is 120 cm³/mol. The van der Waals surface area contributed by atoms with E-state index in [0.29, 0.717) is 6.10 Å². The maximum Gasteiger partial charge on any atom is 0.193 e. The van der Waals surface area contributed by atoms with E-state index in [1.54, 1.807) is 7.11 Å². The van der Waals surface area contributed by atoms with Crippen molar-refractivity contribution in [2.75, 3.05) is 79.9 Å². The summed E-state index contributed by atoms with van der Waals surface area (Å²) in [5, 5.41) is 3.53. The minimum absolute atomic E-state index is 0. The van der Waals surface area contributed by atoms with Crippen LogP contribution in [-0.2, 0) is 14.2 Å². The number of halogens is 1. The van der Waals surface area contributed by atoms with Crippen LogP contribution < -0.4 is 5.32 Å². The predicted octanol–water partition coefficient (Wildman–Crippen LogP) is 1.81. The number of aliphatic imine (C=N–C) groups is 1. The third kappa shape index (κ3) is 10.3. The lowest BCUT2D eigenvalue weighted by molar-refractivity contribution is 0.00991. The lowest BCUT2D eigenvalue weighted by Gasteiger charge is -2.34. The molecule has 2 aliphatic heterocycles. The van der Waals surface area contributed by atoms with Gasteiger partial charge in [-0.05, 0) is 38.6 Å². The molecule has 0 atom stereocenters. The van der Waals surface area contributed by atoms with Gasteiger partial charge in [-0.25, -0.2) is 0 Å². The third-order valence-electron chi connectivity index (χ3n) is 5.09. The minimum Gasteiger partial charge on any atom is -0.385 e. The molecule has 0 spiro atoms. The van der Waals surface area contributed by atoms with E-state index in [1.807, 2.05) is 7.05 Å². The van der Waals surface area contributed by atoms with Gasteiger partial charge >= 0.3 is 0 Å². The Balaban J connectivity index is 0.00000364. The number of hydrogen-bond donors (Lipinski definition) is 1. The van der Waals surface area contributed by atoms with Gasteiger partial charge in [-0.3, -0.25) is 9.89 Å². The van der Waals surface area contributed by atoms with Crippen molar-refractivity contribution in [1.82, 2.24) is 15.1 Å². The SMILES string of the molecule is CN=C(NCCCCN1CCOCC1)N1CCC(OCCCOC)CC1.I. The molecule has 2 rings (SSSR count). The number of ether oxygens (including phenoxy) is 3. The van der Waals surface area contributed by atoms with Crippen LogP contribution in [0.5, 0.6) is 0 Å². The first kappa shape index (κ1) is 24.9. The highest BCUT2D eigenvalue weighted by molar-refractivity contribution is 14.0. The molecule has 2 saturated heterocycles. The number of methoxy groups -OCH3 is 1. The summed E-state index contributed by atoms with van der Waals surface area (Å²) in [6.45, 7) is 9.71. The zero-order chi connectivity index (χ0) is 18.5. The molecule has 0 saturated carbocycles. The second-order valence-electron chi connectivity index (χ2n) is 7.04. The van der Waals surface area contributed by atoms with E-state index in [4.69, 9.17) is 14.2 Å². The van der Waals surface area contributed by atoms with Crippen molar-refractivity contribution in [2.24, 2.45) is 4.99 Å². The van der Waals surface area contributed by atoms with Crippen LogP contribution >= 0.6 is 24.0 Å². The van der Waals surface area contributed by atoms with E-state index >= 15 is 0 Å². The van der Waals surface area contributed by atoms with Gasteiger partial charge in [0.25, 0.3) is 0 Å². The number of unbranched alkanes of at least 4 members (excludes halogenated alkanes) is 1. The van der Waals surface area contributed by atoms with Crippen molar-refractivity contribution in [2.45, 2.75) is 38.2 Å². The second-order valence-corrected chi connectivity index (χ2v) is 7.04. The molecule has 0 unspecified atom stereocenters. The van der Waals surface area contributed by atoms with Crippen LogP contribution in [0.25, 0.3) is 0 Å². The van der Waals surface area contributed by atoms with Gasteiger partial charge in [-0.15, -0.1) is 24.0 Å². The average molecular weight is 498 g/mol. The minimum atomic E-state index is 0. The van der Waals surface area contributed by atoms with Crippen molar-refractivity contribution in [1.29, 1.82) is 0 Å². The Morgan fingerprint density at radius 2 is 1.81 bits per heavy atom. The molecule has 1 N–H and O–H groups in total. The Morgan fingerprint density at radius 3 is 2.48 bits per heavy atom. The number of nitrogens with one attached hydrogen (secondary N) is 1. The molecular formula is C19H39IN4O3. The van der Waals surface area contributed by atoms with Crippen LogP contribution in [0.15, 0.2) is 4.99 Å². The van der Waals surface area contributed by atoms with E-state index in [2.05, 4.69) is 20.1 Å². The number of guanidine groups is 1. The van der Waals surface area contributed by atoms with Gasteiger partial charge in [0, 0.05) is 60.1 Å². The number of likely N-dealkylation sites (tertiary alicyclic amines) is 1. The summed E-state index contributed by atoms with van der Waals surface area (Å²) in [4.78, 5) is 9.31. The van der Waals surface area contributed by atoms with Crippen molar-refractivity contribution in [3.63, 3.8) is 0 Å². The van der Waals surface area contributed by atoms with Crippen molar-refractivity contribution in [3.8, 4) is 0 Å². The van der Waals surface area contributed by atoms with Crippen molar-refractivity contribution in [3.05, 3.63) is 0 Å². The number of rotatable bonds is 10. The monoisotopic (exact) mass is 498 g/mol. The fourth-order valence-corrected chi connectivity index (χ4v) is 3.51. The van der Waals surface area contributed by atoms with Crippen LogP contribution in [0.4, 0.5) is 0 Å². The van der Waals surface area contributed by atoms with Crippen LogP contribution in [0.2, 0.25) is 0 Å². The molecular weight excluding hydrogens is 459 g/mol. The van der Waals surface area contributed by atoms with Gasteiger partial charge in [0.1, 0.15) is 0 Å². The van der Waals surface area contributed by atoms with Gasteiger partial charge in [0.05, 0.1) is 19.3 Å². The normalized spacial score (nSPS) is 19.8. The molecule has 0 aromatic heterocycles. The second kappa shape index (κ2) is 15.7. The summed E-state index contributed by atoms with van der Waals surface area (Å²) < 4.78 is 16.4. The van der Waals surface area contributed by atoms with E-state index in [1.165, 1.54) is 19.4 Å². The summed E-state index contributed by atoms with van der Waals surface area (Å²) in [7, 11) is 3.61. The standard InChI is InChI=1S/C19H38N4O3.HI/c1-20-19(21-8-3-4-9-22-12-16-25-17-13-22)23-10-6-18(7-11-23)26-15-5-14-24-2;/h18H,3-17H2,1-2H3,(H,20,21);1H. The van der Waals surface area contributed by atoms with Crippen LogP contribution in [-0.4, -0.2) is 102 Å². The molecule has 27 heavy (non-hydrogen) atoms. The summed E-state index contributed by atoms with van der Waals surface area (Å²) in [5.74, 6) is 1.04. The van der Waals surface area contributed by atoms with Crippen LogP contribution in [0.3, 0.4) is 0 Å². The molecule has 7 nitrogen and oxygen atoms in total. The number of nitrogens with zero attached hydrogens (tertiary/aromatic N) is 3. The lowest BCUT2D eigenvalue weighted by Crippen LogP contribution is -2.47. The maximum atomic E-state index is 5.94. The van der Waals surface area contributed by atoms with E-state index in [0.717, 1.165) is 84.4 Å². The third-order valence-corrected chi connectivity index (χ3v) is 5.09. The molecule has 0 aromatic carbocycles. The molecule has 8 heteroatoms. The van der Waals surface area contributed by atoms with Gasteiger partial charge in [-0.2, -0.15) is 0 Å². The zero-order valence-electron chi connectivity index (χ0n) is 17.2. The topological polar surface area (TPSA) is 58.6 Å². The zero-order valence-corrected chi connectivity index (χ0v) is 19.5. The van der Waals surface area contributed by atoms with Gasteiger partial charge in [-0.1, -0.05) is 0 Å². The van der Waals surface area contributed by atoms with Crippen LogP contribution in [0.1, 0.15) is 32.1 Å². The Labute approximate surface area is 182 Å². The van der Waals surface area contributed by atoms with E-state index < -0.39 is 0 Å². The number of piperidine rings is 1. The fraction of sp³-hybridized carbons (Fsp3) is 0.947. The van der Waals surface area contributed by atoms with Gasteiger partial charge in [0.15, 0.2) is 5.96 Å². The molecule has 0 radical (unpaired) electrons. The quantitative estimate of drug-likeness (QED) is 0.215. The number of hydrogen-bond acceptors (Lipinski definition) is 5. The molecule has 2 heterocycles. The molecule has 0 aliphatic carbocycles. The highest BCUT2D eigenvalue weighted by Gasteiger charge is 2.21. The maximum absolute atomic E-state index is 5.94. The Hall–Kier alpha value is -0.160. The molecule has 160 valence electrons. The van der Waals surface area contributed by atoms with Gasteiger partial charge < -0.3 is 24.4 Å². The largest absolute Gasteiger partial charge is 0.385 e. The first-order chi connectivity index (χ1) is 12.8. The highest BCUT2D eigenvalue weighted by Crippen LogP contribution is 2.14. The van der Waals surface area contributed by atoms with Gasteiger partial charge in [0.2, 0.25) is 0 Å². The lowest BCUT2D eigenvalue weighted by atomic mass is 10.1. The summed E-state index contributed by atoms with van der Waals surface area (Å²) in [6, 6.07) is 0. The smallest absolute Gasteiger partial charge is 0.193 e. The molecule has 2 aliphatic rings. The summed E-state index contributed by atoms with van der Waals surface area (Å²) in [6.07, 6.45) is 5.91. The highest BCUT2D eigenvalue weighted by atomic mass is 127. The van der Waals surface area contributed by atoms with E-state index in [-0.39, 0.29) is 24.0 Å². The summed E-state index contributed by atoms with van der Waals surface area (Å²) in [5.41, 5.74) is 0. The summed E-state index contributed by atoms with van der Waals surface area (Å²) >= 11 is 0.